The fourth-order valence-corrected chi connectivity index (χ4v) is 3.14. The molecule has 2 N–H and O–H groups in total. The molecule has 0 heterocycles. The fourth-order valence-electron chi connectivity index (χ4n) is 2.39. The molecule has 0 bridgehead atoms. The summed E-state index contributed by atoms with van der Waals surface area (Å²) in [5.41, 5.74) is 0.967. The van der Waals surface area contributed by atoms with Crippen molar-refractivity contribution in [1.82, 2.24) is 0 Å². The predicted octanol–water partition coefficient (Wildman–Crippen LogP) is 4.95. The number of benzene rings is 3. The molecule has 4 nitrogen and oxygen atoms in total. The molecular weight excluding hydrogens is 382 g/mol. The summed E-state index contributed by atoms with van der Waals surface area (Å²) in [7, 11) is 0. The summed E-state index contributed by atoms with van der Waals surface area (Å²) >= 11 is 1.28. The summed E-state index contributed by atoms with van der Waals surface area (Å²) in [5, 5.41) is 5.32. The third kappa shape index (κ3) is 5.40. The number of thioether (sulfide) groups is 1. The molecule has 0 radical (unpaired) electrons. The van der Waals surface area contributed by atoms with Crippen LogP contribution in [0.3, 0.4) is 0 Å². The third-order valence-electron chi connectivity index (χ3n) is 3.71. The van der Waals surface area contributed by atoms with Gasteiger partial charge in [-0.25, -0.2) is 8.78 Å². The van der Waals surface area contributed by atoms with Crippen LogP contribution in [0.5, 0.6) is 0 Å². The first kappa shape index (κ1) is 19.6. The summed E-state index contributed by atoms with van der Waals surface area (Å²) < 4.78 is 26.6. The van der Waals surface area contributed by atoms with Crippen LogP contribution in [0.1, 0.15) is 10.4 Å². The lowest BCUT2D eigenvalue weighted by molar-refractivity contribution is -0.113. The Balaban J connectivity index is 1.57. The van der Waals surface area contributed by atoms with Gasteiger partial charge in [0.2, 0.25) is 5.91 Å². The van der Waals surface area contributed by atoms with Crippen LogP contribution in [0.15, 0.2) is 77.7 Å². The number of hydrogen-bond acceptors (Lipinski definition) is 3. The Morgan fingerprint density at radius 2 is 1.57 bits per heavy atom. The predicted molar refractivity (Wildman–Crippen MR) is 107 cm³/mol. The first-order valence-electron chi connectivity index (χ1n) is 8.35. The maximum atomic E-state index is 13.7. The van der Waals surface area contributed by atoms with Gasteiger partial charge in [0.05, 0.1) is 11.3 Å². The Morgan fingerprint density at radius 1 is 0.821 bits per heavy atom. The van der Waals surface area contributed by atoms with Crippen LogP contribution in [0.4, 0.5) is 20.2 Å². The summed E-state index contributed by atoms with van der Waals surface area (Å²) in [5.74, 6) is -1.61. The van der Waals surface area contributed by atoms with E-state index < -0.39 is 11.7 Å². The molecule has 0 unspecified atom stereocenters. The van der Waals surface area contributed by atoms with Gasteiger partial charge in [0.25, 0.3) is 5.91 Å². The molecular formula is C21H16F2N2O2S. The average Bonchev–Trinajstić information content (AvgIpc) is 2.69. The Morgan fingerprint density at radius 3 is 2.32 bits per heavy atom. The number of anilines is 2. The standard InChI is InChI=1S/C21H16F2N2O2S/c22-14-8-10-15(11-9-14)24-20(26)13-28-17-5-3-4-16(12-17)25-21(27)18-6-1-2-7-19(18)23/h1-12H,13H2,(H,24,26)(H,25,27). The quantitative estimate of drug-likeness (QED) is 0.578. The lowest BCUT2D eigenvalue weighted by Gasteiger charge is -2.08. The van der Waals surface area contributed by atoms with Crippen molar-refractivity contribution in [3.05, 3.63) is 90.0 Å². The number of amides is 2. The number of hydrogen-bond donors (Lipinski definition) is 2. The molecule has 0 spiro atoms. The zero-order chi connectivity index (χ0) is 19.9. The van der Waals surface area contributed by atoms with E-state index in [2.05, 4.69) is 10.6 Å². The number of nitrogens with one attached hydrogen (secondary N) is 2. The fraction of sp³-hybridized carbons (Fsp3) is 0.0476. The van der Waals surface area contributed by atoms with E-state index in [0.29, 0.717) is 11.4 Å². The molecule has 0 saturated heterocycles. The van der Waals surface area contributed by atoms with Gasteiger partial charge < -0.3 is 10.6 Å². The van der Waals surface area contributed by atoms with Crippen LogP contribution in [0.25, 0.3) is 0 Å². The molecule has 0 fully saturated rings. The molecule has 0 aliphatic carbocycles. The highest BCUT2D eigenvalue weighted by Gasteiger charge is 2.11. The Bertz CT molecular complexity index is 994. The van der Waals surface area contributed by atoms with Gasteiger partial charge in [0, 0.05) is 16.3 Å². The summed E-state index contributed by atoms with van der Waals surface area (Å²) in [6, 6.07) is 18.2. The zero-order valence-corrected chi connectivity index (χ0v) is 15.4. The minimum Gasteiger partial charge on any atom is -0.325 e. The Hall–Kier alpha value is -3.19. The van der Waals surface area contributed by atoms with Crippen molar-refractivity contribution in [1.29, 1.82) is 0 Å². The van der Waals surface area contributed by atoms with Gasteiger partial charge in [0.15, 0.2) is 0 Å². The minimum absolute atomic E-state index is 0.0424. The molecule has 7 heteroatoms. The van der Waals surface area contributed by atoms with Crippen molar-refractivity contribution in [2.75, 3.05) is 16.4 Å². The van der Waals surface area contributed by atoms with Gasteiger partial charge in [-0.1, -0.05) is 18.2 Å². The number of halogens is 2. The van der Waals surface area contributed by atoms with Gasteiger partial charge in [-0.05, 0) is 54.6 Å². The van der Waals surface area contributed by atoms with Crippen molar-refractivity contribution in [3.63, 3.8) is 0 Å². The molecule has 3 rings (SSSR count). The van der Waals surface area contributed by atoms with Crippen molar-refractivity contribution >= 4 is 35.0 Å². The van der Waals surface area contributed by atoms with Crippen LogP contribution in [0.2, 0.25) is 0 Å². The van der Waals surface area contributed by atoms with Gasteiger partial charge in [0.1, 0.15) is 11.6 Å². The molecule has 0 atom stereocenters. The van der Waals surface area contributed by atoms with E-state index in [1.807, 2.05) is 0 Å². The summed E-state index contributed by atoms with van der Waals surface area (Å²) in [4.78, 5) is 25.0. The van der Waals surface area contributed by atoms with Crippen molar-refractivity contribution in [3.8, 4) is 0 Å². The van der Waals surface area contributed by atoms with Gasteiger partial charge in [-0.3, -0.25) is 9.59 Å². The Labute approximate surface area is 165 Å². The SMILES string of the molecule is O=C(CSc1cccc(NC(=O)c2ccccc2F)c1)Nc1ccc(F)cc1. The van der Waals surface area contributed by atoms with Crippen LogP contribution >= 0.6 is 11.8 Å². The number of carbonyl (C=O) groups excluding carboxylic acids is 2. The highest BCUT2D eigenvalue weighted by Crippen LogP contribution is 2.22. The van der Waals surface area contributed by atoms with Gasteiger partial charge in [-0.2, -0.15) is 0 Å². The first-order valence-corrected chi connectivity index (χ1v) is 9.34. The second-order valence-corrected chi connectivity index (χ2v) is 6.85. The zero-order valence-electron chi connectivity index (χ0n) is 14.6. The van der Waals surface area contributed by atoms with E-state index in [-0.39, 0.29) is 23.0 Å². The molecule has 142 valence electrons. The van der Waals surface area contributed by atoms with Crippen LogP contribution in [0, 0.1) is 11.6 Å². The van der Waals surface area contributed by atoms with Crippen LogP contribution < -0.4 is 10.6 Å². The van der Waals surface area contributed by atoms with Gasteiger partial charge >= 0.3 is 0 Å². The molecule has 0 aliphatic heterocycles. The number of carbonyl (C=O) groups is 2. The van der Waals surface area contributed by atoms with Crippen LogP contribution in [-0.2, 0) is 4.79 Å². The summed E-state index contributed by atoms with van der Waals surface area (Å²) in [6.07, 6.45) is 0. The topological polar surface area (TPSA) is 58.2 Å². The molecule has 2 amide bonds. The maximum absolute atomic E-state index is 13.7. The molecule has 3 aromatic carbocycles. The van der Waals surface area contributed by atoms with Crippen molar-refractivity contribution < 1.29 is 18.4 Å². The second kappa shape index (κ2) is 9.14. The smallest absolute Gasteiger partial charge is 0.258 e. The molecule has 3 aromatic rings. The normalized spacial score (nSPS) is 10.4. The maximum Gasteiger partial charge on any atom is 0.258 e. The number of rotatable bonds is 6. The lowest BCUT2D eigenvalue weighted by atomic mass is 10.2. The monoisotopic (exact) mass is 398 g/mol. The van der Waals surface area contributed by atoms with E-state index >= 15 is 0 Å². The molecule has 0 aliphatic rings. The lowest BCUT2D eigenvalue weighted by Crippen LogP contribution is -2.14. The van der Waals surface area contributed by atoms with E-state index in [9.17, 15) is 18.4 Å². The van der Waals surface area contributed by atoms with Crippen molar-refractivity contribution in [2.45, 2.75) is 4.90 Å². The molecule has 0 aromatic heterocycles. The van der Waals surface area contributed by atoms with Gasteiger partial charge in [-0.15, -0.1) is 11.8 Å². The van der Waals surface area contributed by atoms with Crippen molar-refractivity contribution in [2.24, 2.45) is 0 Å². The highest BCUT2D eigenvalue weighted by atomic mass is 32.2. The molecule has 0 saturated carbocycles. The third-order valence-corrected chi connectivity index (χ3v) is 4.70. The Kier molecular flexibility index (Phi) is 6.39. The van der Waals surface area contributed by atoms with E-state index in [0.717, 1.165) is 4.90 Å². The van der Waals surface area contributed by atoms with E-state index in [1.54, 1.807) is 30.3 Å². The van der Waals surface area contributed by atoms with Crippen LogP contribution in [-0.4, -0.2) is 17.6 Å². The highest BCUT2D eigenvalue weighted by molar-refractivity contribution is 8.00. The minimum atomic E-state index is -0.594. The largest absolute Gasteiger partial charge is 0.325 e. The van der Waals surface area contributed by atoms with E-state index in [1.165, 1.54) is 54.2 Å². The molecule has 28 heavy (non-hydrogen) atoms. The van der Waals surface area contributed by atoms with E-state index in [4.69, 9.17) is 0 Å². The summed E-state index contributed by atoms with van der Waals surface area (Å²) in [6.45, 7) is 0. The average molecular weight is 398 g/mol. The second-order valence-electron chi connectivity index (χ2n) is 5.81. The first-order chi connectivity index (χ1) is 13.5.